The van der Waals surface area contributed by atoms with Crippen LogP contribution < -0.4 is 10.5 Å². The molecule has 4 heteroatoms. The summed E-state index contributed by atoms with van der Waals surface area (Å²) in [5.74, 6) is 0.601. The van der Waals surface area contributed by atoms with E-state index in [-0.39, 0.29) is 5.78 Å². The Hall–Kier alpha value is -2.75. The zero-order valence-corrected chi connectivity index (χ0v) is 11.0. The van der Waals surface area contributed by atoms with Gasteiger partial charge in [-0.1, -0.05) is 18.2 Å². The van der Waals surface area contributed by atoms with Crippen molar-refractivity contribution < 1.29 is 9.53 Å². The summed E-state index contributed by atoms with van der Waals surface area (Å²) in [7, 11) is 1.59. The lowest BCUT2D eigenvalue weighted by Crippen LogP contribution is -2.01. The molecule has 0 fully saturated rings. The summed E-state index contributed by atoms with van der Waals surface area (Å²) in [6, 6.07) is 12.6. The summed E-state index contributed by atoms with van der Waals surface area (Å²) in [6.07, 6.45) is 1.71. The van der Waals surface area contributed by atoms with E-state index < -0.39 is 0 Å². The number of rotatable bonds is 3. The molecule has 0 aliphatic rings. The van der Waals surface area contributed by atoms with Crippen LogP contribution in [0.5, 0.6) is 5.75 Å². The van der Waals surface area contributed by atoms with Gasteiger partial charge in [0.25, 0.3) is 0 Å². The highest BCUT2D eigenvalue weighted by molar-refractivity contribution is 6.17. The van der Waals surface area contributed by atoms with Crippen LogP contribution in [0, 0.1) is 0 Å². The smallest absolute Gasteiger partial charge is 0.195 e. The number of nitrogens with two attached hydrogens (primary N) is 1. The van der Waals surface area contributed by atoms with Gasteiger partial charge in [-0.3, -0.25) is 4.79 Å². The number of fused-ring (bicyclic) bond motifs is 1. The largest absolute Gasteiger partial charge is 0.496 e. The molecular formula is C16H14N2O2. The fraction of sp³-hybridized carbons (Fsp3) is 0.0625. The lowest BCUT2D eigenvalue weighted by atomic mass is 10.0. The average Bonchev–Trinajstić information content (AvgIpc) is 2.90. The van der Waals surface area contributed by atoms with Crippen LogP contribution in [0.4, 0.5) is 5.69 Å². The van der Waals surface area contributed by atoms with Crippen molar-refractivity contribution in [3.8, 4) is 5.75 Å². The number of carbonyl (C=O) groups is 1. The van der Waals surface area contributed by atoms with Crippen LogP contribution in [0.15, 0.2) is 48.7 Å². The molecule has 20 heavy (non-hydrogen) atoms. The first-order valence-electron chi connectivity index (χ1n) is 6.25. The van der Waals surface area contributed by atoms with Gasteiger partial charge in [0.15, 0.2) is 5.78 Å². The summed E-state index contributed by atoms with van der Waals surface area (Å²) in [5.41, 5.74) is 8.33. The summed E-state index contributed by atoms with van der Waals surface area (Å²) in [6.45, 7) is 0. The van der Waals surface area contributed by atoms with Gasteiger partial charge in [0.05, 0.1) is 18.1 Å². The maximum absolute atomic E-state index is 12.6. The summed E-state index contributed by atoms with van der Waals surface area (Å²) in [5, 5.41) is 0.794. The molecule has 0 radical (unpaired) electrons. The molecule has 0 unspecified atom stereocenters. The van der Waals surface area contributed by atoms with Gasteiger partial charge in [-0.05, 0) is 24.3 Å². The van der Waals surface area contributed by atoms with E-state index in [9.17, 15) is 4.79 Å². The van der Waals surface area contributed by atoms with E-state index >= 15 is 0 Å². The second-order valence-corrected chi connectivity index (χ2v) is 4.54. The van der Waals surface area contributed by atoms with Gasteiger partial charge in [-0.2, -0.15) is 0 Å². The van der Waals surface area contributed by atoms with E-state index in [4.69, 9.17) is 10.5 Å². The molecule has 0 atom stereocenters. The lowest BCUT2D eigenvalue weighted by Gasteiger charge is -2.05. The minimum absolute atomic E-state index is 0.0759. The number of hydrogen-bond acceptors (Lipinski definition) is 3. The lowest BCUT2D eigenvalue weighted by molar-refractivity contribution is 0.104. The highest BCUT2D eigenvalue weighted by Gasteiger charge is 2.17. The van der Waals surface area contributed by atoms with Crippen molar-refractivity contribution in [3.05, 3.63) is 59.8 Å². The summed E-state index contributed by atoms with van der Waals surface area (Å²) >= 11 is 0. The molecule has 3 rings (SSSR count). The third-order valence-electron chi connectivity index (χ3n) is 3.28. The number of anilines is 1. The van der Waals surface area contributed by atoms with Crippen molar-refractivity contribution in [1.82, 2.24) is 4.98 Å². The Morgan fingerprint density at radius 3 is 2.75 bits per heavy atom. The SMILES string of the molecule is COc1cccc2[nH]cc(C(=O)c3cccc(N)c3)c12. The molecule has 0 spiro atoms. The second-order valence-electron chi connectivity index (χ2n) is 4.54. The van der Waals surface area contributed by atoms with E-state index in [1.165, 1.54) is 0 Å². The molecule has 3 aromatic rings. The maximum atomic E-state index is 12.6. The first kappa shape index (κ1) is 12.3. The van der Waals surface area contributed by atoms with Crippen molar-refractivity contribution in [3.63, 3.8) is 0 Å². The Morgan fingerprint density at radius 1 is 1.20 bits per heavy atom. The van der Waals surface area contributed by atoms with E-state index in [1.54, 1.807) is 37.6 Å². The van der Waals surface area contributed by atoms with Gasteiger partial charge in [-0.15, -0.1) is 0 Å². The molecule has 4 nitrogen and oxygen atoms in total. The zero-order valence-electron chi connectivity index (χ0n) is 11.0. The van der Waals surface area contributed by atoms with Crippen LogP contribution in [0.3, 0.4) is 0 Å². The van der Waals surface area contributed by atoms with Gasteiger partial charge in [-0.25, -0.2) is 0 Å². The maximum Gasteiger partial charge on any atom is 0.195 e. The fourth-order valence-electron chi connectivity index (χ4n) is 2.34. The van der Waals surface area contributed by atoms with Gasteiger partial charge >= 0.3 is 0 Å². The predicted octanol–water partition coefficient (Wildman–Crippen LogP) is 2.99. The van der Waals surface area contributed by atoms with E-state index in [0.29, 0.717) is 22.6 Å². The molecule has 1 heterocycles. The average molecular weight is 266 g/mol. The van der Waals surface area contributed by atoms with Gasteiger partial charge in [0, 0.05) is 23.0 Å². The van der Waals surface area contributed by atoms with Crippen LogP contribution in [-0.4, -0.2) is 17.9 Å². The van der Waals surface area contributed by atoms with Crippen LogP contribution in [0.2, 0.25) is 0 Å². The van der Waals surface area contributed by atoms with Crippen LogP contribution in [0.1, 0.15) is 15.9 Å². The third kappa shape index (κ3) is 1.91. The predicted molar refractivity (Wildman–Crippen MR) is 79.1 cm³/mol. The monoisotopic (exact) mass is 266 g/mol. The number of ketones is 1. The Balaban J connectivity index is 2.17. The van der Waals surface area contributed by atoms with Crippen molar-refractivity contribution in [2.45, 2.75) is 0 Å². The Bertz CT molecular complexity index is 790. The van der Waals surface area contributed by atoms with E-state index in [2.05, 4.69) is 4.98 Å². The minimum Gasteiger partial charge on any atom is -0.496 e. The fourth-order valence-corrected chi connectivity index (χ4v) is 2.34. The normalized spacial score (nSPS) is 10.7. The molecule has 0 bridgehead atoms. The van der Waals surface area contributed by atoms with Crippen molar-refractivity contribution >= 4 is 22.4 Å². The highest BCUT2D eigenvalue weighted by Crippen LogP contribution is 2.30. The number of nitrogens with one attached hydrogen (secondary N) is 1. The number of nitrogen functional groups attached to an aromatic ring is 1. The first-order chi connectivity index (χ1) is 9.70. The van der Waals surface area contributed by atoms with Crippen LogP contribution in [0.25, 0.3) is 10.9 Å². The van der Waals surface area contributed by atoms with Crippen LogP contribution >= 0.6 is 0 Å². The molecule has 0 amide bonds. The molecular weight excluding hydrogens is 252 g/mol. The van der Waals surface area contributed by atoms with Crippen molar-refractivity contribution in [1.29, 1.82) is 0 Å². The number of H-pyrrole nitrogens is 1. The summed E-state index contributed by atoms with van der Waals surface area (Å²) < 4.78 is 5.34. The van der Waals surface area contributed by atoms with Gasteiger partial charge in [0.1, 0.15) is 5.75 Å². The number of carbonyl (C=O) groups excluding carboxylic acids is 1. The standard InChI is InChI=1S/C16H14N2O2/c1-20-14-7-3-6-13-15(14)12(9-18-13)16(19)10-4-2-5-11(17)8-10/h2-9,18H,17H2,1H3. The minimum atomic E-state index is -0.0759. The Morgan fingerprint density at radius 2 is 2.00 bits per heavy atom. The van der Waals surface area contributed by atoms with Crippen molar-refractivity contribution in [2.75, 3.05) is 12.8 Å². The zero-order chi connectivity index (χ0) is 14.1. The molecule has 2 aromatic carbocycles. The molecule has 0 saturated heterocycles. The molecule has 0 aliphatic carbocycles. The third-order valence-corrected chi connectivity index (χ3v) is 3.28. The number of methoxy groups -OCH3 is 1. The number of ether oxygens (including phenoxy) is 1. The molecule has 100 valence electrons. The summed E-state index contributed by atoms with van der Waals surface area (Å²) in [4.78, 5) is 15.7. The number of aromatic nitrogens is 1. The number of hydrogen-bond donors (Lipinski definition) is 2. The van der Waals surface area contributed by atoms with Crippen LogP contribution in [-0.2, 0) is 0 Å². The number of benzene rings is 2. The molecule has 0 saturated carbocycles. The first-order valence-corrected chi connectivity index (χ1v) is 6.25. The molecule has 1 aromatic heterocycles. The number of aromatic amines is 1. The Kier molecular flexibility index (Phi) is 2.91. The molecule has 0 aliphatic heterocycles. The van der Waals surface area contributed by atoms with Gasteiger partial charge in [0.2, 0.25) is 0 Å². The van der Waals surface area contributed by atoms with E-state index in [0.717, 1.165) is 10.9 Å². The molecule has 3 N–H and O–H groups in total. The Labute approximate surface area is 116 Å². The topological polar surface area (TPSA) is 68.1 Å². The second kappa shape index (κ2) is 4.74. The quantitative estimate of drug-likeness (QED) is 0.565. The highest BCUT2D eigenvalue weighted by atomic mass is 16.5. The van der Waals surface area contributed by atoms with Gasteiger partial charge < -0.3 is 15.5 Å². The van der Waals surface area contributed by atoms with Crippen molar-refractivity contribution in [2.24, 2.45) is 0 Å². The van der Waals surface area contributed by atoms with E-state index in [1.807, 2.05) is 18.2 Å².